The van der Waals surface area contributed by atoms with E-state index >= 15 is 0 Å². The lowest BCUT2D eigenvalue weighted by Crippen LogP contribution is -2.34. The molecule has 0 aromatic heterocycles. The number of aliphatic hydroxyl groups excluding tert-OH is 1. The van der Waals surface area contributed by atoms with Crippen molar-refractivity contribution in [1.82, 2.24) is 4.90 Å². The van der Waals surface area contributed by atoms with E-state index in [1.807, 2.05) is 19.1 Å². The molecule has 1 saturated heterocycles. The molecule has 18 heavy (non-hydrogen) atoms. The number of rotatable bonds is 4. The molecule has 0 aliphatic carbocycles. The van der Waals surface area contributed by atoms with Crippen molar-refractivity contribution in [2.45, 2.75) is 51.3 Å². The first-order chi connectivity index (χ1) is 8.58. The van der Waals surface area contributed by atoms with Gasteiger partial charge in [-0.15, -0.1) is 0 Å². The molecule has 1 aliphatic rings. The molecule has 1 fully saturated rings. The average Bonchev–Trinajstić information content (AvgIpc) is 2.76. The molecule has 3 atom stereocenters. The highest BCUT2D eigenvalue weighted by atomic mass is 16.3. The number of aliphatic hydroxyl groups is 1. The number of hydrogen-bond donors (Lipinski definition) is 2. The van der Waals surface area contributed by atoms with Crippen molar-refractivity contribution < 1.29 is 5.11 Å². The molecule has 0 spiro atoms. The van der Waals surface area contributed by atoms with Crippen molar-refractivity contribution >= 4 is 5.69 Å². The van der Waals surface area contributed by atoms with Gasteiger partial charge in [0.1, 0.15) is 0 Å². The molecule has 100 valence electrons. The quantitative estimate of drug-likeness (QED) is 0.805. The van der Waals surface area contributed by atoms with E-state index in [0.29, 0.717) is 12.1 Å². The summed E-state index contributed by atoms with van der Waals surface area (Å²) < 4.78 is 0. The molecule has 1 heterocycles. The fourth-order valence-electron chi connectivity index (χ4n) is 2.98. The van der Waals surface area contributed by atoms with E-state index in [1.54, 1.807) is 0 Å². The van der Waals surface area contributed by atoms with Crippen LogP contribution in [0.5, 0.6) is 0 Å². The number of nitrogens with two attached hydrogens (primary N) is 1. The predicted molar refractivity (Wildman–Crippen MR) is 75.3 cm³/mol. The van der Waals surface area contributed by atoms with Gasteiger partial charge in [0.25, 0.3) is 0 Å². The Morgan fingerprint density at radius 2 is 2.00 bits per heavy atom. The molecule has 0 amide bonds. The fourth-order valence-corrected chi connectivity index (χ4v) is 2.98. The normalized spacial score (nSPS) is 24.1. The zero-order chi connectivity index (χ0) is 13.1. The molecule has 3 N–H and O–H groups in total. The maximum absolute atomic E-state index is 9.58. The molecule has 1 aromatic carbocycles. The van der Waals surface area contributed by atoms with E-state index in [2.05, 4.69) is 24.0 Å². The van der Waals surface area contributed by atoms with Crippen molar-refractivity contribution in [1.29, 1.82) is 0 Å². The minimum atomic E-state index is -0.214. The Bertz CT molecular complexity index is 375. The number of nitrogen functional groups attached to an aromatic ring is 1. The lowest BCUT2D eigenvalue weighted by Gasteiger charge is -2.31. The maximum Gasteiger partial charge on any atom is 0.0527 e. The Kier molecular flexibility index (Phi) is 4.25. The Morgan fingerprint density at radius 1 is 1.33 bits per heavy atom. The third-order valence-corrected chi connectivity index (χ3v) is 3.95. The largest absolute Gasteiger partial charge is 0.399 e. The van der Waals surface area contributed by atoms with Gasteiger partial charge in [-0.25, -0.2) is 0 Å². The molecule has 3 nitrogen and oxygen atoms in total. The number of anilines is 1. The van der Waals surface area contributed by atoms with Gasteiger partial charge in [-0.05, 0) is 57.4 Å². The van der Waals surface area contributed by atoms with Gasteiger partial charge in [0.2, 0.25) is 0 Å². The average molecular weight is 248 g/mol. The lowest BCUT2D eigenvalue weighted by atomic mass is 10.0. The Morgan fingerprint density at radius 3 is 2.61 bits per heavy atom. The van der Waals surface area contributed by atoms with Gasteiger partial charge < -0.3 is 10.8 Å². The van der Waals surface area contributed by atoms with Gasteiger partial charge in [-0.2, -0.15) is 0 Å². The van der Waals surface area contributed by atoms with Crippen molar-refractivity contribution in [3.63, 3.8) is 0 Å². The number of hydrogen-bond acceptors (Lipinski definition) is 3. The van der Waals surface area contributed by atoms with Crippen molar-refractivity contribution in [2.75, 3.05) is 12.3 Å². The monoisotopic (exact) mass is 248 g/mol. The molecule has 2 rings (SSSR count). The summed E-state index contributed by atoms with van der Waals surface area (Å²) in [7, 11) is 0. The summed E-state index contributed by atoms with van der Waals surface area (Å²) in [6, 6.07) is 9.06. The Hall–Kier alpha value is -1.06. The van der Waals surface area contributed by atoms with Gasteiger partial charge in [0.15, 0.2) is 0 Å². The van der Waals surface area contributed by atoms with Crippen LogP contribution in [0.3, 0.4) is 0 Å². The van der Waals surface area contributed by atoms with Crippen LogP contribution in [0, 0.1) is 0 Å². The smallest absolute Gasteiger partial charge is 0.0527 e. The van der Waals surface area contributed by atoms with Gasteiger partial charge in [0.05, 0.1) is 6.10 Å². The van der Waals surface area contributed by atoms with E-state index in [-0.39, 0.29) is 6.10 Å². The van der Waals surface area contributed by atoms with E-state index in [0.717, 1.165) is 18.7 Å². The molecule has 3 heteroatoms. The molecule has 3 unspecified atom stereocenters. The zero-order valence-electron chi connectivity index (χ0n) is 11.3. The third-order valence-electron chi connectivity index (χ3n) is 3.95. The maximum atomic E-state index is 9.58. The molecule has 0 bridgehead atoms. The standard InChI is InChI=1S/C15H24N2O/c1-11(18)10-15-4-3-9-17(15)12(2)13-5-7-14(16)8-6-13/h5-8,11-12,15,18H,3-4,9-10,16H2,1-2H3. The summed E-state index contributed by atoms with van der Waals surface area (Å²) in [6.07, 6.45) is 3.09. The molecule has 1 aliphatic heterocycles. The Labute approximate surface area is 110 Å². The molecule has 0 radical (unpaired) electrons. The Balaban J connectivity index is 2.07. The van der Waals surface area contributed by atoms with Crippen LogP contribution in [0.25, 0.3) is 0 Å². The van der Waals surface area contributed by atoms with Crippen LogP contribution in [-0.4, -0.2) is 28.7 Å². The van der Waals surface area contributed by atoms with Gasteiger partial charge in [-0.1, -0.05) is 12.1 Å². The fraction of sp³-hybridized carbons (Fsp3) is 0.600. The number of likely N-dealkylation sites (tertiary alicyclic amines) is 1. The lowest BCUT2D eigenvalue weighted by molar-refractivity contribution is 0.114. The molecular formula is C15H24N2O. The molecular weight excluding hydrogens is 224 g/mol. The molecule has 1 aromatic rings. The van der Waals surface area contributed by atoms with E-state index in [4.69, 9.17) is 5.73 Å². The minimum Gasteiger partial charge on any atom is -0.399 e. The highest BCUT2D eigenvalue weighted by Gasteiger charge is 2.29. The van der Waals surface area contributed by atoms with Crippen LogP contribution in [0.4, 0.5) is 5.69 Å². The highest BCUT2D eigenvalue weighted by molar-refractivity contribution is 5.40. The predicted octanol–water partition coefficient (Wildman–Crippen LogP) is 2.57. The summed E-state index contributed by atoms with van der Waals surface area (Å²) in [4.78, 5) is 2.51. The zero-order valence-corrected chi connectivity index (χ0v) is 11.3. The van der Waals surface area contributed by atoms with Crippen LogP contribution in [0.1, 0.15) is 44.7 Å². The van der Waals surface area contributed by atoms with Crippen molar-refractivity contribution in [2.24, 2.45) is 0 Å². The molecule has 0 saturated carbocycles. The van der Waals surface area contributed by atoms with E-state index < -0.39 is 0 Å². The summed E-state index contributed by atoms with van der Waals surface area (Å²) in [5.74, 6) is 0. The third kappa shape index (κ3) is 3.03. The van der Waals surface area contributed by atoms with Crippen LogP contribution in [0.15, 0.2) is 24.3 Å². The SMILES string of the molecule is CC(O)CC1CCCN1C(C)c1ccc(N)cc1. The summed E-state index contributed by atoms with van der Waals surface area (Å²) >= 11 is 0. The van der Waals surface area contributed by atoms with Gasteiger partial charge >= 0.3 is 0 Å². The first-order valence-corrected chi connectivity index (χ1v) is 6.87. The highest BCUT2D eigenvalue weighted by Crippen LogP contribution is 2.31. The van der Waals surface area contributed by atoms with Gasteiger partial charge in [-0.3, -0.25) is 4.90 Å². The second-order valence-electron chi connectivity index (χ2n) is 5.46. The van der Waals surface area contributed by atoms with Crippen LogP contribution in [-0.2, 0) is 0 Å². The number of nitrogens with zero attached hydrogens (tertiary/aromatic N) is 1. The topological polar surface area (TPSA) is 49.5 Å². The minimum absolute atomic E-state index is 0.214. The van der Waals surface area contributed by atoms with Crippen LogP contribution in [0.2, 0.25) is 0 Å². The number of benzene rings is 1. The van der Waals surface area contributed by atoms with Gasteiger partial charge in [0, 0.05) is 17.8 Å². The first kappa shape index (κ1) is 13.4. The summed E-state index contributed by atoms with van der Waals surface area (Å²) in [6.45, 7) is 5.25. The first-order valence-electron chi connectivity index (χ1n) is 6.87. The second-order valence-corrected chi connectivity index (χ2v) is 5.46. The summed E-state index contributed by atoms with van der Waals surface area (Å²) in [5.41, 5.74) is 7.85. The van der Waals surface area contributed by atoms with Crippen molar-refractivity contribution in [3.05, 3.63) is 29.8 Å². The van der Waals surface area contributed by atoms with Crippen LogP contribution >= 0.6 is 0 Å². The second kappa shape index (κ2) is 5.72. The summed E-state index contributed by atoms with van der Waals surface area (Å²) in [5, 5.41) is 9.58. The van der Waals surface area contributed by atoms with E-state index in [9.17, 15) is 5.11 Å². The van der Waals surface area contributed by atoms with E-state index in [1.165, 1.54) is 18.4 Å². The van der Waals surface area contributed by atoms with Crippen LogP contribution < -0.4 is 5.73 Å². The van der Waals surface area contributed by atoms with Crippen molar-refractivity contribution in [3.8, 4) is 0 Å².